The molecular formula is C12H11ClN2O3S2. The monoisotopic (exact) mass is 330 g/mol. The molecule has 0 aliphatic rings. The van der Waals surface area contributed by atoms with E-state index in [0.717, 1.165) is 4.88 Å². The zero-order valence-corrected chi connectivity index (χ0v) is 12.8. The average Bonchev–Trinajstić information content (AvgIpc) is 2.77. The van der Waals surface area contributed by atoms with Gasteiger partial charge in [-0.3, -0.25) is 4.79 Å². The molecule has 8 heteroatoms. The van der Waals surface area contributed by atoms with Crippen LogP contribution in [0.1, 0.15) is 14.5 Å². The maximum Gasteiger partial charge on any atom is 0.265 e. The van der Waals surface area contributed by atoms with Crippen LogP contribution in [0.4, 0.5) is 5.69 Å². The molecule has 20 heavy (non-hydrogen) atoms. The first-order chi connectivity index (χ1) is 9.27. The van der Waals surface area contributed by atoms with Crippen LogP contribution in [-0.4, -0.2) is 14.3 Å². The highest BCUT2D eigenvalue weighted by atomic mass is 35.5. The molecule has 0 bridgehead atoms. The van der Waals surface area contributed by atoms with Gasteiger partial charge in [0, 0.05) is 4.88 Å². The zero-order chi connectivity index (χ0) is 14.9. The van der Waals surface area contributed by atoms with Crippen molar-refractivity contribution in [2.45, 2.75) is 11.8 Å². The number of amides is 1. The molecule has 2 rings (SSSR count). The number of hydrogen-bond donors (Lipinski definition) is 2. The van der Waals surface area contributed by atoms with Crippen molar-refractivity contribution in [1.82, 2.24) is 0 Å². The minimum absolute atomic E-state index is 0.112. The van der Waals surface area contributed by atoms with E-state index in [1.54, 1.807) is 6.07 Å². The number of nitrogens with two attached hydrogens (primary N) is 1. The topological polar surface area (TPSA) is 89.3 Å². The first-order valence-electron chi connectivity index (χ1n) is 5.47. The number of primary sulfonamides is 1. The second-order valence-corrected chi connectivity index (χ2v) is 7.31. The van der Waals surface area contributed by atoms with E-state index >= 15 is 0 Å². The number of sulfonamides is 1. The summed E-state index contributed by atoms with van der Waals surface area (Å²) in [6.45, 7) is 1.88. The highest BCUT2D eigenvalue weighted by molar-refractivity contribution is 7.89. The maximum absolute atomic E-state index is 12.0. The lowest BCUT2D eigenvalue weighted by Crippen LogP contribution is -2.14. The van der Waals surface area contributed by atoms with E-state index in [1.165, 1.54) is 29.5 Å². The van der Waals surface area contributed by atoms with Crippen LogP contribution in [-0.2, 0) is 10.0 Å². The van der Waals surface area contributed by atoms with Crippen LogP contribution in [0.25, 0.3) is 0 Å². The third-order valence-electron chi connectivity index (χ3n) is 2.48. The molecule has 0 radical (unpaired) electrons. The summed E-state index contributed by atoms with van der Waals surface area (Å²) in [6, 6.07) is 7.39. The molecule has 0 saturated carbocycles. The normalized spacial score (nSPS) is 11.3. The van der Waals surface area contributed by atoms with Crippen molar-refractivity contribution in [2.75, 3.05) is 5.32 Å². The van der Waals surface area contributed by atoms with Gasteiger partial charge in [0.1, 0.15) is 0 Å². The molecule has 0 saturated heterocycles. The summed E-state index contributed by atoms with van der Waals surface area (Å²) in [5.41, 5.74) is 0.203. The number of aryl methyl sites for hydroxylation is 1. The van der Waals surface area contributed by atoms with Gasteiger partial charge in [0.25, 0.3) is 5.91 Å². The Labute approximate surface area is 125 Å². The summed E-state index contributed by atoms with van der Waals surface area (Å²) < 4.78 is 22.6. The fourth-order valence-corrected chi connectivity index (χ4v) is 2.99. The number of carbonyl (C=O) groups is 1. The van der Waals surface area contributed by atoms with E-state index in [2.05, 4.69) is 5.32 Å². The van der Waals surface area contributed by atoms with E-state index in [1.807, 2.05) is 13.0 Å². The number of benzene rings is 1. The maximum atomic E-state index is 12.0. The molecule has 0 aliphatic heterocycles. The lowest BCUT2D eigenvalue weighted by molar-refractivity contribution is 0.103. The number of nitrogens with one attached hydrogen (secondary N) is 1. The Morgan fingerprint density at radius 1 is 1.30 bits per heavy atom. The molecule has 1 amide bonds. The van der Waals surface area contributed by atoms with Crippen LogP contribution in [0.5, 0.6) is 0 Å². The number of rotatable bonds is 3. The van der Waals surface area contributed by atoms with Crippen molar-refractivity contribution in [3.05, 3.63) is 45.1 Å². The molecule has 5 nitrogen and oxygen atoms in total. The van der Waals surface area contributed by atoms with Crippen molar-refractivity contribution in [1.29, 1.82) is 0 Å². The molecule has 3 N–H and O–H groups in total. The predicted octanol–water partition coefficient (Wildman–Crippen LogP) is 2.61. The van der Waals surface area contributed by atoms with Crippen molar-refractivity contribution in [2.24, 2.45) is 5.14 Å². The Morgan fingerprint density at radius 2 is 2.00 bits per heavy atom. The Morgan fingerprint density at radius 3 is 2.55 bits per heavy atom. The van der Waals surface area contributed by atoms with E-state index in [0.29, 0.717) is 4.88 Å². The quantitative estimate of drug-likeness (QED) is 0.906. The van der Waals surface area contributed by atoms with Gasteiger partial charge in [0.05, 0.1) is 20.5 Å². The summed E-state index contributed by atoms with van der Waals surface area (Å²) >= 11 is 7.27. The first-order valence-corrected chi connectivity index (χ1v) is 8.21. The van der Waals surface area contributed by atoms with Gasteiger partial charge in [-0.05, 0) is 37.3 Å². The van der Waals surface area contributed by atoms with E-state index in [4.69, 9.17) is 16.7 Å². The van der Waals surface area contributed by atoms with Crippen molar-refractivity contribution in [3.63, 3.8) is 0 Å². The lowest BCUT2D eigenvalue weighted by Gasteiger charge is -2.07. The van der Waals surface area contributed by atoms with Crippen molar-refractivity contribution < 1.29 is 13.2 Å². The third-order valence-corrected chi connectivity index (χ3v) is 4.72. The van der Waals surface area contributed by atoms with Crippen molar-refractivity contribution in [3.8, 4) is 0 Å². The van der Waals surface area contributed by atoms with Gasteiger partial charge in [0.15, 0.2) is 0 Å². The van der Waals surface area contributed by atoms with Crippen LogP contribution in [0.2, 0.25) is 5.02 Å². The molecular weight excluding hydrogens is 320 g/mol. The molecule has 0 fully saturated rings. The number of anilines is 1. The van der Waals surface area contributed by atoms with Crippen LogP contribution >= 0.6 is 22.9 Å². The van der Waals surface area contributed by atoms with E-state index in [9.17, 15) is 13.2 Å². The van der Waals surface area contributed by atoms with Crippen LogP contribution < -0.4 is 10.5 Å². The Balaban J connectivity index is 2.31. The zero-order valence-electron chi connectivity index (χ0n) is 10.4. The number of halogens is 1. The van der Waals surface area contributed by atoms with Gasteiger partial charge in [-0.2, -0.15) is 0 Å². The van der Waals surface area contributed by atoms with Crippen LogP contribution in [0.3, 0.4) is 0 Å². The van der Waals surface area contributed by atoms with E-state index in [-0.39, 0.29) is 21.5 Å². The fourth-order valence-electron chi connectivity index (χ4n) is 1.52. The highest BCUT2D eigenvalue weighted by Crippen LogP contribution is 2.26. The van der Waals surface area contributed by atoms with Crippen molar-refractivity contribution >= 4 is 44.6 Å². The standard InChI is InChI=1S/C12H11ClN2O3S2/c1-7-2-5-11(19-7)12(16)15-10-6-8(20(14,17)18)3-4-9(10)13/h2-6H,1H3,(H,15,16)(H2,14,17,18). The van der Waals surface area contributed by atoms with E-state index < -0.39 is 10.0 Å². The molecule has 0 aliphatic carbocycles. The molecule has 2 aromatic rings. The molecule has 0 atom stereocenters. The van der Waals surface area contributed by atoms with Gasteiger partial charge in [0.2, 0.25) is 10.0 Å². The number of carbonyl (C=O) groups excluding carboxylic acids is 1. The largest absolute Gasteiger partial charge is 0.320 e. The minimum atomic E-state index is -3.85. The van der Waals surface area contributed by atoms with Crippen LogP contribution in [0, 0.1) is 6.92 Å². The smallest absolute Gasteiger partial charge is 0.265 e. The van der Waals surface area contributed by atoms with Gasteiger partial charge < -0.3 is 5.32 Å². The minimum Gasteiger partial charge on any atom is -0.320 e. The summed E-state index contributed by atoms with van der Waals surface area (Å²) in [6.07, 6.45) is 0. The van der Waals surface area contributed by atoms with Gasteiger partial charge in [-0.1, -0.05) is 11.6 Å². The van der Waals surface area contributed by atoms with Gasteiger partial charge in [-0.15, -0.1) is 11.3 Å². The Bertz CT molecular complexity index is 769. The molecule has 106 valence electrons. The first kappa shape index (κ1) is 15.0. The molecule has 1 heterocycles. The second kappa shape index (κ2) is 5.53. The predicted molar refractivity (Wildman–Crippen MR) is 79.8 cm³/mol. The van der Waals surface area contributed by atoms with Crippen LogP contribution in [0.15, 0.2) is 35.2 Å². The SMILES string of the molecule is Cc1ccc(C(=O)Nc2cc(S(N)(=O)=O)ccc2Cl)s1. The average molecular weight is 331 g/mol. The molecule has 1 aromatic carbocycles. The fraction of sp³-hybridized carbons (Fsp3) is 0.0833. The summed E-state index contributed by atoms with van der Waals surface area (Å²) in [4.78, 5) is 13.4. The lowest BCUT2D eigenvalue weighted by atomic mass is 10.3. The molecule has 0 spiro atoms. The Kier molecular flexibility index (Phi) is 4.14. The summed E-state index contributed by atoms with van der Waals surface area (Å²) in [5.74, 6) is -0.350. The van der Waals surface area contributed by atoms with Gasteiger partial charge in [-0.25, -0.2) is 13.6 Å². The molecule has 0 unspecified atom stereocenters. The highest BCUT2D eigenvalue weighted by Gasteiger charge is 2.14. The number of hydrogen-bond acceptors (Lipinski definition) is 4. The summed E-state index contributed by atoms with van der Waals surface area (Å²) in [5, 5.41) is 7.85. The van der Waals surface area contributed by atoms with Gasteiger partial charge >= 0.3 is 0 Å². The summed E-state index contributed by atoms with van der Waals surface area (Å²) in [7, 11) is -3.85. The second-order valence-electron chi connectivity index (χ2n) is 4.05. The Hall–Kier alpha value is -1.41. The number of thiophene rings is 1. The molecule has 1 aromatic heterocycles. The third kappa shape index (κ3) is 3.37.